The number of aryl methyl sites for hydroxylation is 2. The zero-order chi connectivity index (χ0) is 12.8. The molecule has 3 N–H and O–H groups in total. The molecule has 0 saturated carbocycles. The van der Waals surface area contributed by atoms with E-state index in [1.54, 1.807) is 10.9 Å². The number of nitrogens with two attached hydrogens (primary N) is 1. The van der Waals surface area contributed by atoms with Crippen molar-refractivity contribution < 1.29 is 4.79 Å². The van der Waals surface area contributed by atoms with Crippen LogP contribution in [0, 0.1) is 6.92 Å². The molecule has 0 aromatic carbocycles. The van der Waals surface area contributed by atoms with Gasteiger partial charge >= 0.3 is 0 Å². The van der Waals surface area contributed by atoms with Gasteiger partial charge in [0.25, 0.3) is 0 Å². The summed E-state index contributed by atoms with van der Waals surface area (Å²) in [7, 11) is 0. The average Bonchev–Trinajstić information content (AvgIpc) is 2.58. The Hall–Kier alpha value is -1.07. The van der Waals surface area contributed by atoms with Gasteiger partial charge in [-0.3, -0.25) is 9.48 Å². The van der Waals surface area contributed by atoms with Crippen LogP contribution >= 0.6 is 11.6 Å². The summed E-state index contributed by atoms with van der Waals surface area (Å²) in [5.41, 5.74) is 6.11. The van der Waals surface area contributed by atoms with Crippen LogP contribution in [-0.4, -0.2) is 28.3 Å². The lowest BCUT2D eigenvalue weighted by Gasteiger charge is -2.14. The fourth-order valence-electron chi connectivity index (χ4n) is 1.53. The Bertz CT molecular complexity index is 358. The maximum absolute atomic E-state index is 11.2. The van der Waals surface area contributed by atoms with Gasteiger partial charge in [0.1, 0.15) is 0 Å². The smallest absolute Gasteiger partial charge is 0.234 e. The number of carbonyl (C=O) groups is 1. The van der Waals surface area contributed by atoms with Crippen molar-refractivity contribution >= 4 is 17.5 Å². The fourth-order valence-corrected chi connectivity index (χ4v) is 1.68. The Morgan fingerprint density at radius 1 is 1.71 bits per heavy atom. The Kier molecular flexibility index (Phi) is 5.44. The Labute approximate surface area is 106 Å². The second kappa shape index (κ2) is 6.61. The molecule has 0 fully saturated rings. The van der Waals surface area contributed by atoms with Gasteiger partial charge in [-0.2, -0.15) is 5.10 Å². The van der Waals surface area contributed by atoms with E-state index in [0.29, 0.717) is 18.0 Å². The highest BCUT2D eigenvalue weighted by atomic mass is 35.5. The first-order valence-corrected chi connectivity index (χ1v) is 6.14. The first kappa shape index (κ1) is 14.0. The van der Waals surface area contributed by atoms with Gasteiger partial charge in [-0.1, -0.05) is 18.5 Å². The number of nitrogens with one attached hydrogen (secondary N) is 1. The molecule has 1 rings (SSSR count). The van der Waals surface area contributed by atoms with E-state index in [1.807, 2.05) is 13.8 Å². The number of halogens is 1. The van der Waals surface area contributed by atoms with Crippen molar-refractivity contribution in [3.05, 3.63) is 16.9 Å². The lowest BCUT2D eigenvalue weighted by Crippen LogP contribution is -2.42. The molecule has 6 heteroatoms. The summed E-state index contributed by atoms with van der Waals surface area (Å²) in [6, 6.07) is -0.307. The summed E-state index contributed by atoms with van der Waals surface area (Å²) in [6.07, 6.45) is 3.35. The Morgan fingerprint density at radius 2 is 2.41 bits per heavy atom. The molecule has 1 aromatic rings. The third-order valence-corrected chi connectivity index (χ3v) is 2.89. The maximum atomic E-state index is 11.2. The number of aromatic nitrogens is 2. The zero-order valence-corrected chi connectivity index (χ0v) is 11.0. The first-order chi connectivity index (χ1) is 8.04. The minimum absolute atomic E-state index is 0.307. The second-order valence-electron chi connectivity index (χ2n) is 4.02. The molecule has 17 heavy (non-hydrogen) atoms. The summed E-state index contributed by atoms with van der Waals surface area (Å²) in [6.45, 7) is 5.30. The third-order valence-electron chi connectivity index (χ3n) is 2.52. The highest BCUT2D eigenvalue weighted by Gasteiger charge is 2.14. The van der Waals surface area contributed by atoms with Gasteiger partial charge in [0, 0.05) is 12.7 Å². The molecule has 5 nitrogen and oxygen atoms in total. The molecule has 1 amide bonds. The van der Waals surface area contributed by atoms with Crippen molar-refractivity contribution in [1.29, 1.82) is 0 Å². The van der Waals surface area contributed by atoms with Crippen LogP contribution in [0.5, 0.6) is 0 Å². The molecule has 0 saturated heterocycles. The Balaban J connectivity index is 2.48. The summed E-state index contributed by atoms with van der Waals surface area (Å²) in [5.74, 6) is -0.326. The molecule has 0 aliphatic heterocycles. The van der Waals surface area contributed by atoms with Gasteiger partial charge in [0.15, 0.2) is 0 Å². The van der Waals surface area contributed by atoms with Crippen LogP contribution in [0.2, 0.25) is 5.02 Å². The Morgan fingerprint density at radius 3 is 2.88 bits per heavy atom. The molecule has 1 atom stereocenters. The van der Waals surface area contributed by atoms with Crippen LogP contribution in [0.4, 0.5) is 0 Å². The maximum Gasteiger partial charge on any atom is 0.234 e. The van der Waals surface area contributed by atoms with Gasteiger partial charge in [-0.25, -0.2) is 0 Å². The molecule has 0 bridgehead atoms. The quantitative estimate of drug-likeness (QED) is 0.769. The highest BCUT2D eigenvalue weighted by molar-refractivity contribution is 6.31. The molecule has 0 spiro atoms. The fraction of sp³-hybridized carbons (Fsp3) is 0.636. The molecule has 0 radical (unpaired) electrons. The second-order valence-corrected chi connectivity index (χ2v) is 4.43. The topological polar surface area (TPSA) is 72.9 Å². The monoisotopic (exact) mass is 258 g/mol. The molecule has 1 unspecified atom stereocenters. The van der Waals surface area contributed by atoms with Crippen molar-refractivity contribution in [2.45, 2.75) is 39.3 Å². The SMILES string of the molecule is CCCNC(CCn1cc(Cl)c(C)n1)C(N)=O. The summed E-state index contributed by atoms with van der Waals surface area (Å²) < 4.78 is 1.74. The van der Waals surface area contributed by atoms with Crippen molar-refractivity contribution in [3.63, 3.8) is 0 Å². The van der Waals surface area contributed by atoms with Gasteiger partial charge in [0.2, 0.25) is 5.91 Å². The van der Waals surface area contributed by atoms with E-state index >= 15 is 0 Å². The number of hydrogen-bond donors (Lipinski definition) is 2. The molecule has 0 aliphatic rings. The lowest BCUT2D eigenvalue weighted by atomic mass is 10.2. The van der Waals surface area contributed by atoms with Crippen LogP contribution < -0.4 is 11.1 Å². The number of rotatable bonds is 7. The van der Waals surface area contributed by atoms with E-state index in [4.69, 9.17) is 17.3 Å². The summed E-state index contributed by atoms with van der Waals surface area (Å²) in [4.78, 5) is 11.2. The molecular weight excluding hydrogens is 240 g/mol. The van der Waals surface area contributed by atoms with Crippen LogP contribution in [0.1, 0.15) is 25.5 Å². The predicted octanol–water partition coefficient (Wildman–Crippen LogP) is 1.09. The highest BCUT2D eigenvalue weighted by Crippen LogP contribution is 2.12. The van der Waals surface area contributed by atoms with E-state index in [0.717, 1.165) is 18.7 Å². The third kappa shape index (κ3) is 4.36. The molecular formula is C11H19ClN4O. The zero-order valence-electron chi connectivity index (χ0n) is 10.2. The van der Waals surface area contributed by atoms with E-state index in [2.05, 4.69) is 10.4 Å². The lowest BCUT2D eigenvalue weighted by molar-refractivity contribution is -0.120. The molecule has 96 valence electrons. The summed E-state index contributed by atoms with van der Waals surface area (Å²) in [5, 5.41) is 7.98. The van der Waals surface area contributed by atoms with Crippen molar-refractivity contribution in [1.82, 2.24) is 15.1 Å². The van der Waals surface area contributed by atoms with Crippen molar-refractivity contribution in [2.24, 2.45) is 5.73 Å². The summed E-state index contributed by atoms with van der Waals surface area (Å²) >= 11 is 5.90. The van der Waals surface area contributed by atoms with Gasteiger partial charge in [-0.05, 0) is 26.3 Å². The number of carbonyl (C=O) groups excluding carboxylic acids is 1. The van der Waals surface area contributed by atoms with Crippen LogP contribution in [-0.2, 0) is 11.3 Å². The van der Waals surface area contributed by atoms with Crippen LogP contribution in [0.25, 0.3) is 0 Å². The minimum atomic E-state index is -0.326. The average molecular weight is 259 g/mol. The van der Waals surface area contributed by atoms with Gasteiger partial charge < -0.3 is 11.1 Å². The normalized spacial score (nSPS) is 12.6. The van der Waals surface area contributed by atoms with Crippen molar-refractivity contribution in [3.8, 4) is 0 Å². The van der Waals surface area contributed by atoms with Gasteiger partial charge in [0.05, 0.1) is 16.8 Å². The van der Waals surface area contributed by atoms with Crippen molar-refractivity contribution in [2.75, 3.05) is 6.54 Å². The minimum Gasteiger partial charge on any atom is -0.368 e. The standard InChI is InChI=1S/C11H19ClN4O/c1-3-5-14-10(11(13)17)4-6-16-7-9(12)8(2)15-16/h7,10,14H,3-6H2,1-2H3,(H2,13,17). The number of primary amides is 1. The predicted molar refractivity (Wildman–Crippen MR) is 67.9 cm³/mol. The van der Waals surface area contributed by atoms with E-state index in [9.17, 15) is 4.79 Å². The molecule has 1 heterocycles. The van der Waals surface area contributed by atoms with Gasteiger partial charge in [-0.15, -0.1) is 0 Å². The van der Waals surface area contributed by atoms with Crippen LogP contribution in [0.15, 0.2) is 6.20 Å². The molecule has 0 aliphatic carbocycles. The van der Waals surface area contributed by atoms with E-state index in [1.165, 1.54) is 0 Å². The van der Waals surface area contributed by atoms with E-state index < -0.39 is 0 Å². The molecule has 1 aromatic heterocycles. The number of amides is 1. The van der Waals surface area contributed by atoms with Crippen LogP contribution in [0.3, 0.4) is 0 Å². The number of nitrogens with zero attached hydrogens (tertiary/aromatic N) is 2. The first-order valence-electron chi connectivity index (χ1n) is 5.76. The van der Waals surface area contributed by atoms with E-state index in [-0.39, 0.29) is 11.9 Å². The largest absolute Gasteiger partial charge is 0.368 e. The number of hydrogen-bond acceptors (Lipinski definition) is 3.